The lowest BCUT2D eigenvalue weighted by molar-refractivity contribution is -0.121. The molecule has 120 valence electrons. The second-order valence-electron chi connectivity index (χ2n) is 5.43. The molecular formula is C18H20N2O3. The van der Waals surface area contributed by atoms with Crippen molar-refractivity contribution in [1.29, 1.82) is 0 Å². The summed E-state index contributed by atoms with van der Waals surface area (Å²) in [5.74, 6) is 1.39. The minimum absolute atomic E-state index is 0.0521. The average molecular weight is 312 g/mol. The number of amides is 1. The zero-order valence-corrected chi connectivity index (χ0v) is 13.0. The Balaban J connectivity index is 1.55. The van der Waals surface area contributed by atoms with Gasteiger partial charge in [-0.1, -0.05) is 30.3 Å². The van der Waals surface area contributed by atoms with E-state index in [1.807, 2.05) is 55.5 Å². The molecule has 3 rings (SSSR count). The van der Waals surface area contributed by atoms with E-state index in [4.69, 9.17) is 9.47 Å². The third-order valence-corrected chi connectivity index (χ3v) is 3.63. The number of anilines is 1. The number of hydrogen-bond donors (Lipinski definition) is 2. The van der Waals surface area contributed by atoms with Crippen molar-refractivity contribution in [2.45, 2.75) is 19.5 Å². The van der Waals surface area contributed by atoms with Crippen LogP contribution in [0.4, 0.5) is 5.69 Å². The molecule has 1 aliphatic heterocycles. The summed E-state index contributed by atoms with van der Waals surface area (Å²) in [6, 6.07) is 15.1. The Morgan fingerprint density at radius 1 is 1.09 bits per heavy atom. The van der Waals surface area contributed by atoms with Crippen molar-refractivity contribution < 1.29 is 14.3 Å². The minimum atomic E-state index is -0.346. The van der Waals surface area contributed by atoms with E-state index >= 15 is 0 Å². The standard InChI is InChI=1S/C18H20N2O3/c1-13(18(21)19-12-14-5-3-2-4-6-14)20-15-7-8-16-17(11-15)23-10-9-22-16/h2-8,11,13,20H,9-10,12H2,1H3,(H,19,21)/t13-/m0/s1. The van der Waals surface area contributed by atoms with Gasteiger partial charge in [-0.15, -0.1) is 0 Å². The molecule has 0 spiro atoms. The normalized spacial score (nSPS) is 14.0. The highest BCUT2D eigenvalue weighted by Crippen LogP contribution is 2.32. The van der Waals surface area contributed by atoms with E-state index in [2.05, 4.69) is 10.6 Å². The van der Waals surface area contributed by atoms with Crippen LogP contribution in [0.1, 0.15) is 12.5 Å². The monoisotopic (exact) mass is 312 g/mol. The summed E-state index contributed by atoms with van der Waals surface area (Å²) >= 11 is 0. The van der Waals surface area contributed by atoms with Gasteiger partial charge in [-0.2, -0.15) is 0 Å². The van der Waals surface area contributed by atoms with Crippen LogP contribution in [0.15, 0.2) is 48.5 Å². The Kier molecular flexibility index (Phi) is 4.66. The molecule has 1 atom stereocenters. The number of carbonyl (C=O) groups is 1. The fourth-order valence-electron chi connectivity index (χ4n) is 2.39. The number of hydrogen-bond acceptors (Lipinski definition) is 4. The van der Waals surface area contributed by atoms with E-state index in [-0.39, 0.29) is 11.9 Å². The third-order valence-electron chi connectivity index (χ3n) is 3.63. The van der Waals surface area contributed by atoms with Crippen molar-refractivity contribution in [2.75, 3.05) is 18.5 Å². The Labute approximate surface area is 135 Å². The Morgan fingerprint density at radius 3 is 2.61 bits per heavy atom. The van der Waals surface area contributed by atoms with Gasteiger partial charge >= 0.3 is 0 Å². The number of benzene rings is 2. The van der Waals surface area contributed by atoms with Crippen molar-refractivity contribution in [3.63, 3.8) is 0 Å². The molecule has 2 aromatic carbocycles. The second kappa shape index (κ2) is 7.05. The van der Waals surface area contributed by atoms with Crippen molar-refractivity contribution in [1.82, 2.24) is 5.32 Å². The fourth-order valence-corrected chi connectivity index (χ4v) is 2.39. The molecule has 0 aromatic heterocycles. The minimum Gasteiger partial charge on any atom is -0.486 e. The molecule has 0 bridgehead atoms. The number of ether oxygens (including phenoxy) is 2. The predicted molar refractivity (Wildman–Crippen MR) is 88.8 cm³/mol. The molecule has 23 heavy (non-hydrogen) atoms. The van der Waals surface area contributed by atoms with Crippen LogP contribution >= 0.6 is 0 Å². The molecule has 0 fully saturated rings. The number of rotatable bonds is 5. The van der Waals surface area contributed by atoms with Gasteiger partial charge in [0.05, 0.1) is 0 Å². The van der Waals surface area contributed by atoms with Gasteiger partial charge in [-0.25, -0.2) is 0 Å². The van der Waals surface area contributed by atoms with Crippen LogP contribution in [-0.4, -0.2) is 25.2 Å². The van der Waals surface area contributed by atoms with Gasteiger partial charge in [0.2, 0.25) is 5.91 Å². The average Bonchev–Trinajstić information content (AvgIpc) is 2.60. The smallest absolute Gasteiger partial charge is 0.242 e. The number of carbonyl (C=O) groups excluding carboxylic acids is 1. The molecule has 5 nitrogen and oxygen atoms in total. The predicted octanol–water partition coefficient (Wildman–Crippen LogP) is 2.57. The summed E-state index contributed by atoms with van der Waals surface area (Å²) in [6.45, 7) is 3.46. The molecule has 0 unspecified atom stereocenters. The molecule has 0 saturated carbocycles. The number of nitrogens with one attached hydrogen (secondary N) is 2. The van der Waals surface area contributed by atoms with Gasteiger partial charge in [0.15, 0.2) is 11.5 Å². The Morgan fingerprint density at radius 2 is 1.83 bits per heavy atom. The lowest BCUT2D eigenvalue weighted by Crippen LogP contribution is -2.37. The van der Waals surface area contributed by atoms with Crippen LogP contribution in [0.3, 0.4) is 0 Å². The van der Waals surface area contributed by atoms with E-state index < -0.39 is 0 Å². The van der Waals surface area contributed by atoms with Crippen LogP contribution in [-0.2, 0) is 11.3 Å². The largest absolute Gasteiger partial charge is 0.486 e. The van der Waals surface area contributed by atoms with Gasteiger partial charge < -0.3 is 20.1 Å². The molecule has 1 heterocycles. The van der Waals surface area contributed by atoms with E-state index in [1.165, 1.54) is 0 Å². The Hall–Kier alpha value is -2.69. The van der Waals surface area contributed by atoms with Crippen molar-refractivity contribution >= 4 is 11.6 Å². The SMILES string of the molecule is C[C@H](Nc1ccc2c(c1)OCCO2)C(=O)NCc1ccccc1. The van der Waals surface area contributed by atoms with Crippen LogP contribution < -0.4 is 20.1 Å². The summed E-state index contributed by atoms with van der Waals surface area (Å²) in [6.07, 6.45) is 0. The first-order valence-corrected chi connectivity index (χ1v) is 7.70. The van der Waals surface area contributed by atoms with Crippen molar-refractivity contribution in [2.24, 2.45) is 0 Å². The molecule has 0 radical (unpaired) electrons. The van der Waals surface area contributed by atoms with Crippen molar-refractivity contribution in [3.05, 3.63) is 54.1 Å². The summed E-state index contributed by atoms with van der Waals surface area (Å²) in [7, 11) is 0. The lowest BCUT2D eigenvalue weighted by Gasteiger charge is -2.20. The van der Waals surface area contributed by atoms with Crippen molar-refractivity contribution in [3.8, 4) is 11.5 Å². The topological polar surface area (TPSA) is 59.6 Å². The molecule has 5 heteroatoms. The highest BCUT2D eigenvalue weighted by molar-refractivity contribution is 5.84. The molecular weight excluding hydrogens is 292 g/mol. The Bertz CT molecular complexity index is 673. The van der Waals surface area contributed by atoms with Crippen LogP contribution in [0.5, 0.6) is 11.5 Å². The maximum absolute atomic E-state index is 12.2. The first-order valence-electron chi connectivity index (χ1n) is 7.70. The zero-order valence-electron chi connectivity index (χ0n) is 13.0. The van der Waals surface area contributed by atoms with Gasteiger partial charge in [0, 0.05) is 18.3 Å². The summed E-state index contributed by atoms with van der Waals surface area (Å²) < 4.78 is 11.0. The fraction of sp³-hybridized carbons (Fsp3) is 0.278. The van der Waals surface area contributed by atoms with Crippen LogP contribution in [0.2, 0.25) is 0 Å². The zero-order chi connectivity index (χ0) is 16.1. The molecule has 0 aliphatic carbocycles. The summed E-state index contributed by atoms with van der Waals surface area (Å²) in [4.78, 5) is 12.2. The van der Waals surface area contributed by atoms with E-state index in [1.54, 1.807) is 0 Å². The molecule has 2 aromatic rings. The van der Waals surface area contributed by atoms with E-state index in [0.717, 1.165) is 17.0 Å². The highest BCUT2D eigenvalue weighted by Gasteiger charge is 2.15. The maximum Gasteiger partial charge on any atom is 0.242 e. The van der Waals surface area contributed by atoms with E-state index in [0.29, 0.717) is 25.5 Å². The van der Waals surface area contributed by atoms with Crippen LogP contribution in [0.25, 0.3) is 0 Å². The lowest BCUT2D eigenvalue weighted by atomic mass is 10.2. The number of fused-ring (bicyclic) bond motifs is 1. The van der Waals surface area contributed by atoms with Gasteiger partial charge in [0.1, 0.15) is 19.3 Å². The quantitative estimate of drug-likeness (QED) is 0.891. The van der Waals surface area contributed by atoms with Gasteiger partial charge in [0.25, 0.3) is 0 Å². The van der Waals surface area contributed by atoms with Gasteiger partial charge in [-0.05, 0) is 24.6 Å². The first-order chi connectivity index (χ1) is 11.2. The van der Waals surface area contributed by atoms with Gasteiger partial charge in [-0.3, -0.25) is 4.79 Å². The summed E-state index contributed by atoms with van der Waals surface area (Å²) in [5, 5.41) is 6.10. The maximum atomic E-state index is 12.2. The molecule has 1 amide bonds. The molecule has 0 saturated heterocycles. The molecule has 2 N–H and O–H groups in total. The second-order valence-corrected chi connectivity index (χ2v) is 5.43. The first kappa shape index (κ1) is 15.2. The van der Waals surface area contributed by atoms with Crippen LogP contribution in [0, 0.1) is 0 Å². The third kappa shape index (κ3) is 3.94. The summed E-state index contributed by atoms with van der Waals surface area (Å²) in [5.41, 5.74) is 1.91. The van der Waals surface area contributed by atoms with E-state index in [9.17, 15) is 4.79 Å². The molecule has 1 aliphatic rings. The highest BCUT2D eigenvalue weighted by atomic mass is 16.6.